The van der Waals surface area contributed by atoms with E-state index in [4.69, 9.17) is 0 Å². The number of nitrogens with one attached hydrogen (secondary N) is 2. The predicted molar refractivity (Wildman–Crippen MR) is 92.1 cm³/mol. The van der Waals surface area contributed by atoms with Crippen LogP contribution in [0.2, 0.25) is 0 Å². The maximum Gasteiger partial charge on any atom is 0.313 e. The molecule has 136 valence electrons. The van der Waals surface area contributed by atoms with Crippen molar-refractivity contribution >= 4 is 27.5 Å². The molecule has 0 aromatic carbocycles. The van der Waals surface area contributed by atoms with Crippen molar-refractivity contribution in [1.29, 1.82) is 0 Å². The van der Waals surface area contributed by atoms with Gasteiger partial charge in [0.2, 0.25) is 10.0 Å². The molecule has 2 N–H and O–H groups in total. The summed E-state index contributed by atoms with van der Waals surface area (Å²) in [6.07, 6.45) is 5.95. The Labute approximate surface area is 147 Å². The molecular formula is C16H22N4O4S. The molecule has 1 aromatic heterocycles. The molecule has 9 heteroatoms. The van der Waals surface area contributed by atoms with Crippen LogP contribution in [-0.2, 0) is 19.6 Å². The zero-order chi connectivity index (χ0) is 17.9. The number of aromatic nitrogens is 1. The highest BCUT2D eigenvalue weighted by Gasteiger charge is 2.41. The van der Waals surface area contributed by atoms with Crippen molar-refractivity contribution in [3.05, 3.63) is 24.5 Å². The fraction of sp³-hybridized carbons (Fsp3) is 0.562. The number of rotatable bonds is 5. The molecule has 2 fully saturated rings. The molecule has 0 bridgehead atoms. The van der Waals surface area contributed by atoms with Crippen LogP contribution in [-0.4, -0.2) is 54.4 Å². The van der Waals surface area contributed by atoms with Crippen molar-refractivity contribution in [2.24, 2.45) is 5.92 Å². The maximum atomic E-state index is 12.2. The van der Waals surface area contributed by atoms with Crippen LogP contribution in [0.4, 0.5) is 5.69 Å². The number of anilines is 1. The standard InChI is InChI=1S/C16H22N4O4S/c21-15(16(22)19-13-2-1-7-17-11-13)18-10-12-5-8-20(9-6-12)25(23,24)14-3-4-14/h1-2,7,11-12,14H,3-6,8-10H2,(H,18,21)(H,19,22). The van der Waals surface area contributed by atoms with Gasteiger partial charge >= 0.3 is 11.8 Å². The molecule has 1 aliphatic carbocycles. The Morgan fingerprint density at radius 1 is 1.16 bits per heavy atom. The van der Waals surface area contributed by atoms with E-state index in [0.717, 1.165) is 12.8 Å². The molecule has 2 heterocycles. The van der Waals surface area contributed by atoms with Crippen molar-refractivity contribution in [1.82, 2.24) is 14.6 Å². The second-order valence-corrected chi connectivity index (χ2v) is 8.71. The molecule has 2 amide bonds. The van der Waals surface area contributed by atoms with Gasteiger partial charge in [0.15, 0.2) is 0 Å². The van der Waals surface area contributed by atoms with Crippen LogP contribution in [0.5, 0.6) is 0 Å². The Bertz CT molecular complexity index is 726. The molecule has 0 spiro atoms. The van der Waals surface area contributed by atoms with E-state index in [9.17, 15) is 18.0 Å². The molecule has 25 heavy (non-hydrogen) atoms. The van der Waals surface area contributed by atoms with Crippen molar-refractivity contribution < 1.29 is 18.0 Å². The minimum absolute atomic E-state index is 0.181. The Balaban J connectivity index is 1.40. The van der Waals surface area contributed by atoms with Crippen molar-refractivity contribution in [3.63, 3.8) is 0 Å². The zero-order valence-electron chi connectivity index (χ0n) is 13.8. The van der Waals surface area contributed by atoms with Crippen LogP contribution in [0, 0.1) is 5.92 Å². The first kappa shape index (κ1) is 17.8. The molecule has 8 nitrogen and oxygen atoms in total. The molecule has 0 unspecified atom stereocenters. The number of hydrogen-bond acceptors (Lipinski definition) is 5. The summed E-state index contributed by atoms with van der Waals surface area (Å²) >= 11 is 0. The molecule has 1 aliphatic heterocycles. The minimum Gasteiger partial charge on any atom is -0.348 e. The number of hydrogen-bond donors (Lipinski definition) is 2. The van der Waals surface area contributed by atoms with Gasteiger partial charge in [-0.25, -0.2) is 12.7 Å². The molecule has 1 aromatic rings. The van der Waals surface area contributed by atoms with Crippen molar-refractivity contribution in [2.45, 2.75) is 30.9 Å². The quantitative estimate of drug-likeness (QED) is 0.731. The molecule has 0 radical (unpaired) electrons. The topological polar surface area (TPSA) is 108 Å². The summed E-state index contributed by atoms with van der Waals surface area (Å²) in [6.45, 7) is 1.35. The number of piperidine rings is 1. The van der Waals surface area contributed by atoms with E-state index in [0.29, 0.717) is 38.2 Å². The van der Waals surface area contributed by atoms with Crippen LogP contribution in [0.3, 0.4) is 0 Å². The number of pyridine rings is 1. The summed E-state index contributed by atoms with van der Waals surface area (Å²) < 4.78 is 25.9. The van der Waals surface area contributed by atoms with Crippen LogP contribution < -0.4 is 10.6 Å². The van der Waals surface area contributed by atoms with Crippen LogP contribution in [0.1, 0.15) is 25.7 Å². The summed E-state index contributed by atoms with van der Waals surface area (Å²) in [5, 5.41) is 4.92. The zero-order valence-corrected chi connectivity index (χ0v) is 14.7. The SMILES string of the molecule is O=C(NCC1CCN(S(=O)(=O)C2CC2)CC1)C(=O)Nc1cccnc1. The smallest absolute Gasteiger partial charge is 0.313 e. The minimum atomic E-state index is -3.12. The van der Waals surface area contributed by atoms with Crippen LogP contribution in [0.15, 0.2) is 24.5 Å². The van der Waals surface area contributed by atoms with E-state index in [1.807, 2.05) is 0 Å². The second-order valence-electron chi connectivity index (χ2n) is 6.49. The summed E-state index contributed by atoms with van der Waals surface area (Å²) in [6, 6.07) is 3.31. The first-order valence-electron chi connectivity index (χ1n) is 8.45. The van der Waals surface area contributed by atoms with Crippen LogP contribution >= 0.6 is 0 Å². The third kappa shape index (κ3) is 4.55. The van der Waals surface area contributed by atoms with E-state index >= 15 is 0 Å². The van der Waals surface area contributed by atoms with E-state index < -0.39 is 21.8 Å². The third-order valence-corrected chi connectivity index (χ3v) is 6.95. The van der Waals surface area contributed by atoms with Gasteiger partial charge in [-0.3, -0.25) is 14.6 Å². The number of sulfonamides is 1. The van der Waals surface area contributed by atoms with Crippen molar-refractivity contribution in [2.75, 3.05) is 25.0 Å². The van der Waals surface area contributed by atoms with Gasteiger partial charge in [-0.1, -0.05) is 0 Å². The molecular weight excluding hydrogens is 344 g/mol. The Hall–Kier alpha value is -2.00. The van der Waals surface area contributed by atoms with E-state index in [2.05, 4.69) is 15.6 Å². The van der Waals surface area contributed by atoms with Gasteiger partial charge in [0.1, 0.15) is 0 Å². The fourth-order valence-corrected chi connectivity index (χ4v) is 4.76. The number of carbonyl (C=O) groups is 2. The molecule has 3 rings (SSSR count). The third-order valence-electron chi connectivity index (χ3n) is 4.56. The second kappa shape index (κ2) is 7.49. The normalized spacial score (nSPS) is 19.4. The summed E-state index contributed by atoms with van der Waals surface area (Å²) in [5.41, 5.74) is 0.459. The number of amides is 2. The van der Waals surface area contributed by atoms with Gasteiger partial charge in [0.05, 0.1) is 17.1 Å². The lowest BCUT2D eigenvalue weighted by molar-refractivity contribution is -0.136. The van der Waals surface area contributed by atoms with Gasteiger partial charge in [-0.05, 0) is 43.7 Å². The average molecular weight is 366 g/mol. The molecule has 2 aliphatic rings. The lowest BCUT2D eigenvalue weighted by Crippen LogP contribution is -2.44. The van der Waals surface area contributed by atoms with Crippen LogP contribution in [0.25, 0.3) is 0 Å². The maximum absolute atomic E-state index is 12.2. The highest BCUT2D eigenvalue weighted by Crippen LogP contribution is 2.32. The van der Waals surface area contributed by atoms with Gasteiger partial charge in [0.25, 0.3) is 0 Å². The Kier molecular flexibility index (Phi) is 5.33. The number of nitrogens with zero attached hydrogens (tertiary/aromatic N) is 2. The Morgan fingerprint density at radius 2 is 1.88 bits per heavy atom. The Morgan fingerprint density at radius 3 is 2.48 bits per heavy atom. The van der Waals surface area contributed by atoms with E-state index in [1.54, 1.807) is 22.6 Å². The largest absolute Gasteiger partial charge is 0.348 e. The molecule has 0 atom stereocenters. The van der Waals surface area contributed by atoms with E-state index in [1.165, 1.54) is 6.20 Å². The number of carbonyl (C=O) groups excluding carboxylic acids is 2. The summed E-state index contributed by atoms with van der Waals surface area (Å²) in [5.74, 6) is -1.25. The first-order chi connectivity index (χ1) is 12.0. The molecule has 1 saturated carbocycles. The first-order valence-corrected chi connectivity index (χ1v) is 9.95. The van der Waals surface area contributed by atoms with Crippen molar-refractivity contribution in [3.8, 4) is 0 Å². The predicted octanol–water partition coefficient (Wildman–Crippen LogP) is 0.341. The summed E-state index contributed by atoms with van der Waals surface area (Å²) in [7, 11) is -3.12. The highest BCUT2D eigenvalue weighted by molar-refractivity contribution is 7.90. The van der Waals surface area contributed by atoms with Gasteiger partial charge < -0.3 is 10.6 Å². The van der Waals surface area contributed by atoms with Gasteiger partial charge in [0, 0.05) is 25.8 Å². The van der Waals surface area contributed by atoms with E-state index in [-0.39, 0.29) is 11.2 Å². The average Bonchev–Trinajstić information content (AvgIpc) is 3.46. The monoisotopic (exact) mass is 366 g/mol. The summed E-state index contributed by atoms with van der Waals surface area (Å²) in [4.78, 5) is 27.5. The molecule has 1 saturated heterocycles. The fourth-order valence-electron chi connectivity index (χ4n) is 2.89. The van der Waals surface area contributed by atoms with Gasteiger partial charge in [-0.2, -0.15) is 0 Å². The lowest BCUT2D eigenvalue weighted by Gasteiger charge is -2.31. The van der Waals surface area contributed by atoms with Gasteiger partial charge in [-0.15, -0.1) is 0 Å². The highest BCUT2D eigenvalue weighted by atomic mass is 32.2. The lowest BCUT2D eigenvalue weighted by atomic mass is 9.98.